The van der Waals surface area contributed by atoms with Crippen molar-refractivity contribution in [2.24, 2.45) is 0 Å². The number of hydrazine groups is 1. The van der Waals surface area contributed by atoms with Crippen LogP contribution in [0.15, 0.2) is 36.5 Å². The highest BCUT2D eigenvalue weighted by Gasteiger charge is 2.12. The lowest BCUT2D eigenvalue weighted by Gasteiger charge is -2.26. The van der Waals surface area contributed by atoms with Gasteiger partial charge in [-0.1, -0.05) is 24.3 Å². The summed E-state index contributed by atoms with van der Waals surface area (Å²) in [6, 6.07) is 8.41. The average molecular weight is 170 g/mol. The highest BCUT2D eigenvalue weighted by Crippen LogP contribution is 2.09. The molecule has 2 heterocycles. The van der Waals surface area contributed by atoms with E-state index >= 15 is 0 Å². The van der Waals surface area contributed by atoms with Crippen LogP contribution in [0.5, 0.6) is 0 Å². The minimum atomic E-state index is 0.977. The SMILES string of the molecule is C1=CN2C=c3ccccc3=CN2C1. The van der Waals surface area contributed by atoms with Gasteiger partial charge in [-0.3, -0.25) is 10.0 Å². The van der Waals surface area contributed by atoms with Crippen molar-refractivity contribution in [3.63, 3.8) is 0 Å². The van der Waals surface area contributed by atoms with Crippen molar-refractivity contribution >= 4 is 12.4 Å². The molecule has 2 aliphatic heterocycles. The molecule has 0 unspecified atom stereocenters. The second-order valence-corrected chi connectivity index (χ2v) is 3.27. The van der Waals surface area contributed by atoms with Gasteiger partial charge in [0.05, 0.1) is 6.54 Å². The minimum absolute atomic E-state index is 0.977. The lowest BCUT2D eigenvalue weighted by atomic mass is 10.2. The van der Waals surface area contributed by atoms with Gasteiger partial charge in [0, 0.05) is 29.0 Å². The third-order valence-corrected chi connectivity index (χ3v) is 2.40. The number of nitrogens with zero attached hydrogens (tertiary/aromatic N) is 2. The van der Waals surface area contributed by atoms with E-state index < -0.39 is 0 Å². The molecule has 3 rings (SSSR count). The number of fused-ring (bicyclic) bond motifs is 2. The fourth-order valence-corrected chi connectivity index (χ4v) is 1.73. The summed E-state index contributed by atoms with van der Waals surface area (Å²) in [5, 5.41) is 6.87. The number of benzene rings is 1. The molecule has 0 saturated carbocycles. The lowest BCUT2D eigenvalue weighted by Crippen LogP contribution is -2.39. The van der Waals surface area contributed by atoms with Crippen molar-refractivity contribution in [1.29, 1.82) is 0 Å². The molecule has 0 spiro atoms. The van der Waals surface area contributed by atoms with Gasteiger partial charge >= 0.3 is 0 Å². The predicted molar refractivity (Wildman–Crippen MR) is 52.3 cm³/mol. The molecule has 13 heavy (non-hydrogen) atoms. The third-order valence-electron chi connectivity index (χ3n) is 2.40. The van der Waals surface area contributed by atoms with Crippen LogP contribution in [0.4, 0.5) is 0 Å². The molecular weight excluding hydrogens is 160 g/mol. The summed E-state index contributed by atoms with van der Waals surface area (Å²) in [7, 11) is 0. The Kier molecular flexibility index (Phi) is 1.25. The zero-order valence-electron chi connectivity index (χ0n) is 7.22. The van der Waals surface area contributed by atoms with E-state index in [0.717, 1.165) is 6.54 Å². The first-order valence-corrected chi connectivity index (χ1v) is 4.44. The summed E-state index contributed by atoms with van der Waals surface area (Å²) in [6.07, 6.45) is 8.57. The Bertz CT molecular complexity index is 473. The molecule has 2 nitrogen and oxygen atoms in total. The smallest absolute Gasteiger partial charge is 0.0591 e. The normalized spacial score (nSPS) is 17.5. The van der Waals surface area contributed by atoms with Crippen molar-refractivity contribution in [3.05, 3.63) is 47.0 Å². The van der Waals surface area contributed by atoms with E-state index in [0.29, 0.717) is 0 Å². The van der Waals surface area contributed by atoms with Crippen molar-refractivity contribution in [3.8, 4) is 0 Å². The minimum Gasteiger partial charge on any atom is -0.285 e. The van der Waals surface area contributed by atoms with E-state index in [-0.39, 0.29) is 0 Å². The molecule has 64 valence electrons. The third kappa shape index (κ3) is 0.952. The van der Waals surface area contributed by atoms with Gasteiger partial charge in [0.2, 0.25) is 0 Å². The molecule has 2 aliphatic rings. The Morgan fingerprint density at radius 3 is 2.62 bits per heavy atom. The molecule has 0 atom stereocenters. The van der Waals surface area contributed by atoms with Crippen LogP contribution < -0.4 is 10.4 Å². The monoisotopic (exact) mass is 170 g/mol. The number of rotatable bonds is 0. The highest BCUT2D eigenvalue weighted by atomic mass is 15.6. The standard InChI is InChI=1S/C11H10N2/c1-2-5-11-9-13-7-3-6-12(13)8-10(11)4-1/h1-6,8-9H,7H2. The molecule has 1 aromatic carbocycles. The maximum absolute atomic E-state index is 2.18. The first-order chi connectivity index (χ1) is 6.43. The van der Waals surface area contributed by atoms with Gasteiger partial charge < -0.3 is 0 Å². The van der Waals surface area contributed by atoms with E-state index in [9.17, 15) is 0 Å². The molecule has 0 amide bonds. The van der Waals surface area contributed by atoms with Crippen LogP contribution in [0, 0.1) is 0 Å². The summed E-state index contributed by atoms with van der Waals surface area (Å²) in [4.78, 5) is 0. The van der Waals surface area contributed by atoms with Crippen molar-refractivity contribution in [2.45, 2.75) is 0 Å². The Morgan fingerprint density at radius 1 is 1.00 bits per heavy atom. The first-order valence-electron chi connectivity index (χ1n) is 4.44. The van der Waals surface area contributed by atoms with Crippen LogP contribution in [-0.2, 0) is 0 Å². The fraction of sp³-hybridized carbons (Fsp3) is 0.0909. The lowest BCUT2D eigenvalue weighted by molar-refractivity contribution is 0.221. The summed E-state index contributed by atoms with van der Waals surface area (Å²) in [5.41, 5.74) is 0. The topological polar surface area (TPSA) is 6.48 Å². The van der Waals surface area contributed by atoms with Gasteiger partial charge in [-0.05, 0) is 6.08 Å². The number of hydrogen-bond acceptors (Lipinski definition) is 2. The van der Waals surface area contributed by atoms with E-state index in [4.69, 9.17) is 0 Å². The second kappa shape index (κ2) is 2.39. The van der Waals surface area contributed by atoms with Crippen molar-refractivity contribution < 1.29 is 0 Å². The van der Waals surface area contributed by atoms with Crippen LogP contribution in [0.2, 0.25) is 0 Å². The highest BCUT2D eigenvalue weighted by molar-refractivity contribution is 5.38. The molecule has 0 N–H and O–H groups in total. The zero-order valence-corrected chi connectivity index (χ0v) is 7.22. The second-order valence-electron chi connectivity index (χ2n) is 3.27. The van der Waals surface area contributed by atoms with Gasteiger partial charge in [0.1, 0.15) is 0 Å². The van der Waals surface area contributed by atoms with Gasteiger partial charge in [-0.2, -0.15) is 0 Å². The molecule has 0 aliphatic carbocycles. The summed E-state index contributed by atoms with van der Waals surface area (Å²) in [6.45, 7) is 0.977. The van der Waals surface area contributed by atoms with E-state index in [1.807, 2.05) is 0 Å². The molecule has 2 heteroatoms. The molecule has 0 radical (unpaired) electrons. The van der Waals surface area contributed by atoms with Gasteiger partial charge in [0.15, 0.2) is 0 Å². The molecule has 1 aromatic rings. The summed E-state index contributed by atoms with van der Waals surface area (Å²) >= 11 is 0. The van der Waals surface area contributed by atoms with Gasteiger partial charge in [-0.15, -0.1) is 0 Å². The average Bonchev–Trinajstić information content (AvgIpc) is 2.61. The van der Waals surface area contributed by atoms with Crippen molar-refractivity contribution in [2.75, 3.05) is 6.54 Å². The quantitative estimate of drug-likeness (QED) is 0.549. The maximum Gasteiger partial charge on any atom is 0.0591 e. The molecule has 0 bridgehead atoms. The molecule has 0 fully saturated rings. The molecule has 0 saturated heterocycles. The zero-order chi connectivity index (χ0) is 8.67. The van der Waals surface area contributed by atoms with Crippen LogP contribution in [0.3, 0.4) is 0 Å². The van der Waals surface area contributed by atoms with Crippen molar-refractivity contribution in [1.82, 2.24) is 10.0 Å². The summed E-state index contributed by atoms with van der Waals surface area (Å²) < 4.78 is 0. The Hall–Kier alpha value is -1.70. The Labute approximate surface area is 76.7 Å². The maximum atomic E-state index is 2.18. The Morgan fingerprint density at radius 2 is 1.77 bits per heavy atom. The summed E-state index contributed by atoms with van der Waals surface area (Å²) in [5.74, 6) is 0. The first kappa shape index (κ1) is 6.78. The fourth-order valence-electron chi connectivity index (χ4n) is 1.73. The molecular formula is C11H10N2. The Balaban J connectivity index is 2.28. The largest absolute Gasteiger partial charge is 0.285 e. The van der Waals surface area contributed by atoms with Gasteiger partial charge in [-0.25, -0.2) is 0 Å². The van der Waals surface area contributed by atoms with E-state index in [1.165, 1.54) is 10.4 Å². The van der Waals surface area contributed by atoms with Crippen LogP contribution >= 0.6 is 0 Å². The van der Waals surface area contributed by atoms with Gasteiger partial charge in [0.25, 0.3) is 0 Å². The predicted octanol–water partition coefficient (Wildman–Crippen LogP) is 0.223. The van der Waals surface area contributed by atoms with Crippen LogP contribution in [0.25, 0.3) is 12.4 Å². The molecule has 0 aromatic heterocycles. The van der Waals surface area contributed by atoms with E-state index in [2.05, 4.69) is 59.0 Å². The van der Waals surface area contributed by atoms with Crippen LogP contribution in [0.1, 0.15) is 0 Å². The van der Waals surface area contributed by atoms with Crippen LogP contribution in [-0.4, -0.2) is 16.6 Å². The number of hydrogen-bond donors (Lipinski definition) is 0. The van der Waals surface area contributed by atoms with E-state index in [1.54, 1.807) is 0 Å².